The zero-order chi connectivity index (χ0) is 28.2. The molecule has 4 aromatic rings. The van der Waals surface area contributed by atoms with Crippen molar-refractivity contribution in [2.24, 2.45) is 0 Å². The van der Waals surface area contributed by atoms with Crippen molar-refractivity contribution in [3.05, 3.63) is 93.5 Å². The molecule has 0 aliphatic rings. The van der Waals surface area contributed by atoms with Gasteiger partial charge in [-0.2, -0.15) is 13.2 Å². The molecule has 39 heavy (non-hydrogen) atoms. The van der Waals surface area contributed by atoms with Crippen molar-refractivity contribution >= 4 is 35.1 Å². The number of carbonyl (C=O) groups excluding carboxylic acids is 1. The van der Waals surface area contributed by atoms with Gasteiger partial charge in [0.15, 0.2) is 5.76 Å². The Morgan fingerprint density at radius 2 is 1.79 bits per heavy atom. The zero-order valence-corrected chi connectivity index (χ0v) is 21.4. The normalized spacial score (nSPS) is 11.3. The zero-order valence-electron chi connectivity index (χ0n) is 19.9. The van der Waals surface area contributed by atoms with Gasteiger partial charge in [0, 0.05) is 16.1 Å². The van der Waals surface area contributed by atoms with Gasteiger partial charge in [0.05, 0.1) is 23.6 Å². The summed E-state index contributed by atoms with van der Waals surface area (Å²) in [6.45, 7) is -0.0574. The molecule has 7 nitrogen and oxygen atoms in total. The lowest BCUT2D eigenvalue weighted by Gasteiger charge is -2.13. The minimum absolute atomic E-state index is 0.0176. The highest BCUT2D eigenvalue weighted by atomic mass is 35.5. The molecule has 1 amide bonds. The predicted octanol–water partition coefficient (Wildman–Crippen LogP) is 6.77. The fraction of sp³-hybridized carbons (Fsp3) is 0.148. The number of aromatic nitrogens is 1. The first-order valence-corrected chi connectivity index (χ1v) is 12.1. The predicted molar refractivity (Wildman–Crippen MR) is 138 cm³/mol. The van der Waals surface area contributed by atoms with Crippen LogP contribution >= 0.6 is 23.2 Å². The maximum Gasteiger partial charge on any atom is 0.417 e. The van der Waals surface area contributed by atoms with Gasteiger partial charge in [0.25, 0.3) is 5.91 Å². The van der Waals surface area contributed by atoms with Crippen LogP contribution in [0.5, 0.6) is 5.75 Å². The minimum Gasteiger partial charge on any atom is -0.490 e. The average molecular weight is 579 g/mol. The quantitative estimate of drug-likeness (QED) is 0.212. The SMILES string of the molecule is O=C(O)Cc1cccc(-c2noc(-c3ccccc3C(F)(F)F)c2C(=O)NCCOc2ccc(Cl)cc2Cl)c1. The molecule has 0 fully saturated rings. The van der Waals surface area contributed by atoms with Crippen LogP contribution in [-0.2, 0) is 17.4 Å². The number of hydrogen-bond donors (Lipinski definition) is 2. The molecular weight excluding hydrogens is 560 g/mol. The molecule has 0 radical (unpaired) electrons. The van der Waals surface area contributed by atoms with Gasteiger partial charge in [-0.1, -0.05) is 64.8 Å². The van der Waals surface area contributed by atoms with Crippen LogP contribution in [0.4, 0.5) is 13.2 Å². The lowest BCUT2D eigenvalue weighted by atomic mass is 9.97. The summed E-state index contributed by atoms with van der Waals surface area (Å²) in [5.41, 5.74) is -0.985. The highest BCUT2D eigenvalue weighted by Crippen LogP contribution is 2.40. The van der Waals surface area contributed by atoms with Gasteiger partial charge in [-0.3, -0.25) is 9.59 Å². The van der Waals surface area contributed by atoms with Crippen molar-refractivity contribution in [3.8, 4) is 28.3 Å². The van der Waals surface area contributed by atoms with Crippen LogP contribution in [0.1, 0.15) is 21.5 Å². The maximum absolute atomic E-state index is 13.8. The molecule has 2 N–H and O–H groups in total. The maximum atomic E-state index is 13.8. The van der Waals surface area contributed by atoms with Gasteiger partial charge < -0.3 is 19.7 Å². The Kier molecular flexibility index (Phi) is 8.47. The average Bonchev–Trinajstić information content (AvgIpc) is 3.32. The van der Waals surface area contributed by atoms with Crippen molar-refractivity contribution in [1.82, 2.24) is 10.5 Å². The van der Waals surface area contributed by atoms with Crippen LogP contribution < -0.4 is 10.1 Å². The summed E-state index contributed by atoms with van der Waals surface area (Å²) >= 11 is 11.9. The number of carboxylic acid groups (broad SMARTS) is 1. The summed E-state index contributed by atoms with van der Waals surface area (Å²) in [5.74, 6) is -1.91. The number of rotatable bonds is 9. The van der Waals surface area contributed by atoms with E-state index in [1.54, 1.807) is 30.3 Å². The minimum atomic E-state index is -4.73. The number of carbonyl (C=O) groups is 2. The highest BCUT2D eigenvalue weighted by Gasteiger charge is 2.36. The Morgan fingerprint density at radius 3 is 2.51 bits per heavy atom. The molecule has 3 aromatic carbocycles. The fourth-order valence-electron chi connectivity index (χ4n) is 3.82. The summed E-state index contributed by atoms with van der Waals surface area (Å²) in [7, 11) is 0. The second-order valence-electron chi connectivity index (χ2n) is 8.23. The van der Waals surface area contributed by atoms with E-state index in [1.165, 1.54) is 30.3 Å². The molecular formula is C27H19Cl2F3N2O5. The number of ether oxygens (including phenoxy) is 1. The van der Waals surface area contributed by atoms with Crippen LogP contribution in [0, 0.1) is 0 Å². The van der Waals surface area contributed by atoms with Crippen molar-refractivity contribution < 1.29 is 37.1 Å². The summed E-state index contributed by atoms with van der Waals surface area (Å²) in [5, 5.41) is 16.3. The van der Waals surface area contributed by atoms with Crippen LogP contribution in [-0.4, -0.2) is 35.3 Å². The van der Waals surface area contributed by atoms with Crippen LogP contribution in [0.2, 0.25) is 10.0 Å². The summed E-state index contributed by atoms with van der Waals surface area (Å²) in [6, 6.07) is 15.4. The number of amides is 1. The molecule has 0 saturated heterocycles. The Labute approximate surface area is 230 Å². The molecule has 1 heterocycles. The molecule has 202 valence electrons. The van der Waals surface area contributed by atoms with Gasteiger partial charge in [-0.15, -0.1) is 0 Å². The van der Waals surface area contributed by atoms with Crippen LogP contribution in [0.15, 0.2) is 71.3 Å². The second kappa shape index (κ2) is 11.8. The molecule has 12 heteroatoms. The Balaban J connectivity index is 1.68. The molecule has 1 aromatic heterocycles. The first-order chi connectivity index (χ1) is 18.5. The first-order valence-electron chi connectivity index (χ1n) is 11.4. The first kappa shape index (κ1) is 28.0. The van der Waals surface area contributed by atoms with Gasteiger partial charge in [-0.25, -0.2) is 0 Å². The third-order valence-electron chi connectivity index (χ3n) is 5.49. The number of hydrogen-bond acceptors (Lipinski definition) is 5. The van der Waals surface area contributed by atoms with Gasteiger partial charge in [0.2, 0.25) is 0 Å². The Hall–Kier alpha value is -4.02. The highest BCUT2D eigenvalue weighted by molar-refractivity contribution is 6.35. The molecule has 4 rings (SSSR count). The van der Waals surface area contributed by atoms with Gasteiger partial charge in [0.1, 0.15) is 23.6 Å². The third kappa shape index (κ3) is 6.71. The number of benzene rings is 3. The van der Waals surface area contributed by atoms with E-state index in [4.69, 9.17) is 37.6 Å². The van der Waals surface area contributed by atoms with Crippen LogP contribution in [0.3, 0.4) is 0 Å². The molecule has 0 atom stereocenters. The second-order valence-corrected chi connectivity index (χ2v) is 9.07. The number of halogens is 5. The number of nitrogens with one attached hydrogen (secondary N) is 1. The van der Waals surface area contributed by atoms with Crippen molar-refractivity contribution in [3.63, 3.8) is 0 Å². The lowest BCUT2D eigenvalue weighted by molar-refractivity contribution is -0.137. The Bertz CT molecular complexity index is 1520. The molecule has 0 aliphatic heterocycles. The lowest BCUT2D eigenvalue weighted by Crippen LogP contribution is -2.28. The number of alkyl halides is 3. The standard InChI is InChI=1S/C27H19Cl2F3N2O5/c28-17-8-9-21(20(29)14-17)38-11-10-33-26(37)23-24(16-5-3-4-15(12-16)13-22(35)36)34-39-25(23)18-6-1-2-7-19(18)27(30,31)32/h1-9,12,14H,10-11,13H2,(H,33,37)(H,35,36). The summed E-state index contributed by atoms with van der Waals surface area (Å²) in [6.07, 6.45) is -5.04. The Morgan fingerprint density at radius 1 is 1.03 bits per heavy atom. The molecule has 0 spiro atoms. The summed E-state index contributed by atoms with van der Waals surface area (Å²) in [4.78, 5) is 24.5. The molecule has 0 unspecified atom stereocenters. The third-order valence-corrected chi connectivity index (χ3v) is 6.02. The van der Waals surface area contributed by atoms with E-state index in [9.17, 15) is 22.8 Å². The van der Waals surface area contributed by atoms with E-state index in [-0.39, 0.29) is 47.2 Å². The largest absolute Gasteiger partial charge is 0.490 e. The summed E-state index contributed by atoms with van der Waals surface area (Å²) < 4.78 is 52.2. The van der Waals surface area contributed by atoms with Crippen molar-refractivity contribution in [1.29, 1.82) is 0 Å². The van der Waals surface area contributed by atoms with E-state index < -0.39 is 23.6 Å². The van der Waals surface area contributed by atoms with Gasteiger partial charge >= 0.3 is 12.1 Å². The van der Waals surface area contributed by atoms with E-state index >= 15 is 0 Å². The van der Waals surface area contributed by atoms with E-state index in [0.29, 0.717) is 21.9 Å². The number of nitrogens with zero attached hydrogens (tertiary/aromatic N) is 1. The molecule has 0 saturated carbocycles. The fourth-order valence-corrected chi connectivity index (χ4v) is 4.28. The molecule has 0 bridgehead atoms. The van der Waals surface area contributed by atoms with E-state index in [0.717, 1.165) is 6.07 Å². The van der Waals surface area contributed by atoms with Crippen LogP contribution in [0.25, 0.3) is 22.6 Å². The molecule has 0 aliphatic carbocycles. The smallest absolute Gasteiger partial charge is 0.417 e. The number of aliphatic carboxylic acids is 1. The topological polar surface area (TPSA) is 102 Å². The van der Waals surface area contributed by atoms with Gasteiger partial charge in [-0.05, 0) is 35.9 Å². The van der Waals surface area contributed by atoms with Crippen molar-refractivity contribution in [2.45, 2.75) is 12.6 Å². The van der Waals surface area contributed by atoms with Crippen molar-refractivity contribution in [2.75, 3.05) is 13.2 Å². The number of carboxylic acids is 1. The van der Waals surface area contributed by atoms with E-state index in [2.05, 4.69) is 10.5 Å². The van der Waals surface area contributed by atoms with E-state index in [1.807, 2.05) is 0 Å². The monoisotopic (exact) mass is 578 g/mol.